The van der Waals surface area contributed by atoms with E-state index >= 15 is 0 Å². The molecule has 4 heteroatoms. The summed E-state index contributed by atoms with van der Waals surface area (Å²) < 4.78 is 0. The number of hydrogen-bond acceptors (Lipinski definition) is 3. The van der Waals surface area contributed by atoms with Gasteiger partial charge in [-0.2, -0.15) is 0 Å². The summed E-state index contributed by atoms with van der Waals surface area (Å²) in [5, 5.41) is 3.49. The molecule has 2 aliphatic rings. The Kier molecular flexibility index (Phi) is 2.81. The average molecular weight is 231 g/mol. The van der Waals surface area contributed by atoms with Crippen LogP contribution in [0.3, 0.4) is 0 Å². The van der Waals surface area contributed by atoms with Gasteiger partial charge in [0.25, 0.3) is 5.91 Å². The van der Waals surface area contributed by atoms with Gasteiger partial charge in [0, 0.05) is 36.6 Å². The van der Waals surface area contributed by atoms with Crippen LogP contribution in [0.4, 0.5) is 0 Å². The van der Waals surface area contributed by atoms with Crippen molar-refractivity contribution >= 4 is 5.91 Å². The van der Waals surface area contributed by atoms with Gasteiger partial charge in [0.15, 0.2) is 0 Å². The Balaban J connectivity index is 1.81. The number of aromatic nitrogens is 1. The number of pyridine rings is 1. The lowest BCUT2D eigenvalue weighted by Crippen LogP contribution is -2.51. The Hall–Kier alpha value is -1.42. The first kappa shape index (κ1) is 10.7. The molecule has 2 saturated heterocycles. The first-order valence-electron chi connectivity index (χ1n) is 6.30. The lowest BCUT2D eigenvalue weighted by Gasteiger charge is -2.37. The van der Waals surface area contributed by atoms with E-state index in [0.29, 0.717) is 12.1 Å². The van der Waals surface area contributed by atoms with Gasteiger partial charge in [0.1, 0.15) is 0 Å². The van der Waals surface area contributed by atoms with E-state index in [4.69, 9.17) is 0 Å². The number of likely N-dealkylation sites (tertiary alicyclic amines) is 1. The summed E-state index contributed by atoms with van der Waals surface area (Å²) in [6.07, 6.45) is 6.75. The molecule has 90 valence electrons. The number of nitrogens with one attached hydrogen (secondary N) is 1. The minimum absolute atomic E-state index is 0.158. The molecule has 0 radical (unpaired) electrons. The molecular weight excluding hydrogens is 214 g/mol. The molecule has 3 heterocycles. The van der Waals surface area contributed by atoms with E-state index in [1.54, 1.807) is 24.5 Å². The van der Waals surface area contributed by atoms with E-state index in [0.717, 1.165) is 31.5 Å². The first-order valence-corrected chi connectivity index (χ1v) is 6.30. The monoisotopic (exact) mass is 231 g/mol. The normalized spacial score (nSPS) is 27.9. The van der Waals surface area contributed by atoms with Crippen molar-refractivity contribution in [1.29, 1.82) is 0 Å². The highest BCUT2D eigenvalue weighted by Gasteiger charge is 2.37. The fourth-order valence-electron chi connectivity index (χ4n) is 2.98. The minimum Gasteiger partial charge on any atom is -0.334 e. The predicted molar refractivity (Wildman–Crippen MR) is 64.7 cm³/mol. The maximum Gasteiger partial charge on any atom is 0.254 e. The third-order valence-corrected chi connectivity index (χ3v) is 3.81. The molecule has 1 amide bonds. The molecule has 0 spiro atoms. The standard InChI is InChI=1S/C13H17N3O/c17-13(10-3-6-14-7-4-10)16-9-1-2-11-12(16)5-8-15-11/h3-4,6-7,11-12,15H,1-2,5,8-9H2. The second-order valence-corrected chi connectivity index (χ2v) is 4.79. The highest BCUT2D eigenvalue weighted by atomic mass is 16.2. The zero-order valence-electron chi connectivity index (χ0n) is 9.80. The van der Waals surface area contributed by atoms with Crippen molar-refractivity contribution in [2.75, 3.05) is 13.1 Å². The molecule has 0 saturated carbocycles. The molecule has 3 rings (SSSR count). The van der Waals surface area contributed by atoms with Crippen molar-refractivity contribution in [2.24, 2.45) is 0 Å². The smallest absolute Gasteiger partial charge is 0.254 e. The highest BCUT2D eigenvalue weighted by molar-refractivity contribution is 5.94. The van der Waals surface area contributed by atoms with Crippen LogP contribution in [0.2, 0.25) is 0 Å². The summed E-state index contributed by atoms with van der Waals surface area (Å²) >= 11 is 0. The van der Waals surface area contributed by atoms with Crippen LogP contribution < -0.4 is 5.32 Å². The summed E-state index contributed by atoms with van der Waals surface area (Å²) in [5.74, 6) is 0.158. The summed E-state index contributed by atoms with van der Waals surface area (Å²) in [6, 6.07) is 4.50. The molecule has 17 heavy (non-hydrogen) atoms. The van der Waals surface area contributed by atoms with Crippen LogP contribution in [0.25, 0.3) is 0 Å². The average Bonchev–Trinajstić information content (AvgIpc) is 2.87. The molecular formula is C13H17N3O. The van der Waals surface area contributed by atoms with Crippen molar-refractivity contribution in [3.05, 3.63) is 30.1 Å². The number of hydrogen-bond donors (Lipinski definition) is 1. The Morgan fingerprint density at radius 2 is 2.18 bits per heavy atom. The summed E-state index contributed by atoms with van der Waals surface area (Å²) in [5.41, 5.74) is 0.757. The van der Waals surface area contributed by atoms with Crippen molar-refractivity contribution in [3.63, 3.8) is 0 Å². The molecule has 0 aromatic carbocycles. The number of amides is 1. The fourth-order valence-corrected chi connectivity index (χ4v) is 2.98. The van der Waals surface area contributed by atoms with Gasteiger partial charge in [-0.15, -0.1) is 0 Å². The molecule has 1 N–H and O–H groups in total. The number of carbonyl (C=O) groups is 1. The molecule has 2 atom stereocenters. The maximum absolute atomic E-state index is 12.4. The maximum atomic E-state index is 12.4. The van der Waals surface area contributed by atoms with E-state index in [9.17, 15) is 4.79 Å². The molecule has 1 aromatic heterocycles. The Labute approximate surface area is 101 Å². The SMILES string of the molecule is O=C(c1ccncc1)N1CCCC2NCCC21. The largest absolute Gasteiger partial charge is 0.334 e. The minimum atomic E-state index is 0.158. The zero-order chi connectivity index (χ0) is 11.7. The van der Waals surface area contributed by atoms with E-state index < -0.39 is 0 Å². The Morgan fingerprint density at radius 1 is 1.35 bits per heavy atom. The lowest BCUT2D eigenvalue weighted by atomic mass is 9.96. The van der Waals surface area contributed by atoms with Crippen LogP contribution in [-0.4, -0.2) is 41.0 Å². The van der Waals surface area contributed by atoms with E-state index in [1.807, 2.05) is 4.90 Å². The fraction of sp³-hybridized carbons (Fsp3) is 0.538. The second kappa shape index (κ2) is 4.45. The summed E-state index contributed by atoms with van der Waals surface area (Å²) in [4.78, 5) is 18.4. The molecule has 0 aliphatic carbocycles. The van der Waals surface area contributed by atoms with Gasteiger partial charge in [0.05, 0.1) is 0 Å². The van der Waals surface area contributed by atoms with Gasteiger partial charge in [0.2, 0.25) is 0 Å². The van der Waals surface area contributed by atoms with Gasteiger partial charge >= 0.3 is 0 Å². The van der Waals surface area contributed by atoms with Gasteiger partial charge in [-0.3, -0.25) is 9.78 Å². The Bertz CT molecular complexity index is 406. The van der Waals surface area contributed by atoms with Gasteiger partial charge < -0.3 is 10.2 Å². The quantitative estimate of drug-likeness (QED) is 0.785. The third-order valence-electron chi connectivity index (χ3n) is 3.81. The molecule has 0 bridgehead atoms. The van der Waals surface area contributed by atoms with Gasteiger partial charge in [-0.05, 0) is 37.9 Å². The highest BCUT2D eigenvalue weighted by Crippen LogP contribution is 2.25. The number of nitrogens with zero attached hydrogens (tertiary/aromatic N) is 2. The van der Waals surface area contributed by atoms with E-state index in [-0.39, 0.29) is 5.91 Å². The van der Waals surface area contributed by atoms with Crippen molar-refractivity contribution in [3.8, 4) is 0 Å². The van der Waals surface area contributed by atoms with Gasteiger partial charge in [-0.1, -0.05) is 0 Å². The predicted octanol–water partition coefficient (Wildman–Crippen LogP) is 1.05. The molecule has 4 nitrogen and oxygen atoms in total. The number of piperidine rings is 1. The topological polar surface area (TPSA) is 45.2 Å². The number of carbonyl (C=O) groups excluding carboxylic acids is 1. The van der Waals surface area contributed by atoms with Crippen molar-refractivity contribution < 1.29 is 4.79 Å². The van der Waals surface area contributed by atoms with E-state index in [2.05, 4.69) is 10.3 Å². The summed E-state index contributed by atoms with van der Waals surface area (Å²) in [6.45, 7) is 1.93. The van der Waals surface area contributed by atoms with Crippen LogP contribution >= 0.6 is 0 Å². The van der Waals surface area contributed by atoms with Crippen LogP contribution in [-0.2, 0) is 0 Å². The summed E-state index contributed by atoms with van der Waals surface area (Å²) in [7, 11) is 0. The number of rotatable bonds is 1. The van der Waals surface area contributed by atoms with Crippen LogP contribution in [0, 0.1) is 0 Å². The van der Waals surface area contributed by atoms with Crippen LogP contribution in [0.15, 0.2) is 24.5 Å². The molecule has 2 unspecified atom stereocenters. The molecule has 1 aromatic rings. The zero-order valence-corrected chi connectivity index (χ0v) is 9.80. The van der Waals surface area contributed by atoms with Crippen molar-refractivity contribution in [1.82, 2.24) is 15.2 Å². The number of fused-ring (bicyclic) bond motifs is 1. The first-order chi connectivity index (χ1) is 8.36. The molecule has 2 aliphatic heterocycles. The lowest BCUT2D eigenvalue weighted by molar-refractivity contribution is 0.0600. The Morgan fingerprint density at radius 3 is 3.00 bits per heavy atom. The van der Waals surface area contributed by atoms with E-state index in [1.165, 1.54) is 6.42 Å². The van der Waals surface area contributed by atoms with Crippen LogP contribution in [0.5, 0.6) is 0 Å². The van der Waals surface area contributed by atoms with Crippen LogP contribution in [0.1, 0.15) is 29.6 Å². The van der Waals surface area contributed by atoms with Gasteiger partial charge in [-0.25, -0.2) is 0 Å². The second-order valence-electron chi connectivity index (χ2n) is 4.79. The third kappa shape index (κ3) is 1.93. The molecule has 2 fully saturated rings. The van der Waals surface area contributed by atoms with Crippen molar-refractivity contribution in [2.45, 2.75) is 31.3 Å².